The molecule has 0 aromatic heterocycles. The molecule has 0 spiro atoms. The Balaban J connectivity index is 1.58. The number of aliphatic imine (C=N–C) groups is 2. The number of benzene rings is 2. The van der Waals surface area contributed by atoms with Crippen molar-refractivity contribution in [1.29, 1.82) is 0 Å². The molecule has 0 heterocycles. The van der Waals surface area contributed by atoms with Crippen molar-refractivity contribution < 1.29 is 20.4 Å². The Morgan fingerprint density at radius 2 is 1.04 bits per heavy atom. The average Bonchev–Trinajstić information content (AvgIpc) is 2.59. The number of hydrogen-bond donors (Lipinski definition) is 4. The van der Waals surface area contributed by atoms with Crippen LogP contribution in [0.4, 0.5) is 0 Å². The molecular formula is C20H24N2O4. The normalized spacial score (nSPS) is 11.5. The molecule has 0 aliphatic heterocycles. The maximum Gasteiger partial charge on any atom is 0.128 e. The van der Waals surface area contributed by atoms with E-state index in [1.54, 1.807) is 24.6 Å². The molecule has 6 nitrogen and oxygen atoms in total. The van der Waals surface area contributed by atoms with Gasteiger partial charge in [-0.25, -0.2) is 0 Å². The molecule has 2 rings (SSSR count). The maximum atomic E-state index is 9.63. The van der Waals surface area contributed by atoms with Crippen LogP contribution in [0, 0.1) is 0 Å². The van der Waals surface area contributed by atoms with Crippen molar-refractivity contribution in [1.82, 2.24) is 0 Å². The van der Waals surface area contributed by atoms with Gasteiger partial charge in [-0.15, -0.1) is 0 Å². The van der Waals surface area contributed by atoms with Crippen LogP contribution < -0.4 is 0 Å². The molecule has 0 unspecified atom stereocenters. The summed E-state index contributed by atoms with van der Waals surface area (Å²) in [4.78, 5) is 8.56. The van der Waals surface area contributed by atoms with Crippen molar-refractivity contribution in [2.24, 2.45) is 9.98 Å². The van der Waals surface area contributed by atoms with Gasteiger partial charge < -0.3 is 20.4 Å². The smallest absolute Gasteiger partial charge is 0.128 e. The van der Waals surface area contributed by atoms with Gasteiger partial charge in [-0.3, -0.25) is 9.98 Å². The topological polar surface area (TPSA) is 106 Å². The Kier molecular flexibility index (Phi) is 7.49. The van der Waals surface area contributed by atoms with Crippen LogP contribution >= 0.6 is 0 Å². The van der Waals surface area contributed by atoms with E-state index in [1.807, 2.05) is 0 Å². The lowest BCUT2D eigenvalue weighted by Gasteiger charge is -2.00. The van der Waals surface area contributed by atoms with E-state index >= 15 is 0 Å². The number of aromatic hydroxyl groups is 4. The molecule has 0 saturated carbocycles. The monoisotopic (exact) mass is 356 g/mol. The average molecular weight is 356 g/mol. The Morgan fingerprint density at radius 3 is 1.42 bits per heavy atom. The molecular weight excluding hydrogens is 332 g/mol. The van der Waals surface area contributed by atoms with Crippen LogP contribution in [0.1, 0.15) is 36.8 Å². The highest BCUT2D eigenvalue weighted by atomic mass is 16.3. The van der Waals surface area contributed by atoms with Crippen LogP contribution in [0.5, 0.6) is 23.0 Å². The van der Waals surface area contributed by atoms with Crippen molar-refractivity contribution in [3.8, 4) is 23.0 Å². The van der Waals surface area contributed by atoms with Crippen molar-refractivity contribution in [2.75, 3.05) is 13.1 Å². The lowest BCUT2D eigenvalue weighted by molar-refractivity contribution is 0.449. The number of rotatable bonds is 9. The van der Waals surface area contributed by atoms with E-state index in [-0.39, 0.29) is 23.0 Å². The molecule has 26 heavy (non-hydrogen) atoms. The molecule has 0 aliphatic carbocycles. The molecule has 0 atom stereocenters. The molecule has 0 radical (unpaired) electrons. The largest absolute Gasteiger partial charge is 0.508 e. The Hall–Kier alpha value is -3.02. The van der Waals surface area contributed by atoms with E-state index in [1.165, 1.54) is 24.3 Å². The van der Waals surface area contributed by atoms with Crippen molar-refractivity contribution in [3.05, 3.63) is 47.5 Å². The van der Waals surface area contributed by atoms with Crippen LogP contribution in [0.25, 0.3) is 0 Å². The van der Waals surface area contributed by atoms with Crippen LogP contribution in [-0.2, 0) is 0 Å². The van der Waals surface area contributed by atoms with Gasteiger partial charge in [-0.2, -0.15) is 0 Å². The summed E-state index contributed by atoms with van der Waals surface area (Å²) in [6.07, 6.45) is 7.22. The molecule has 6 heteroatoms. The van der Waals surface area contributed by atoms with Crippen molar-refractivity contribution in [3.63, 3.8) is 0 Å². The molecule has 2 aromatic carbocycles. The second-order valence-electron chi connectivity index (χ2n) is 5.97. The first-order valence-electron chi connectivity index (χ1n) is 8.60. The molecule has 2 aromatic rings. The standard InChI is InChI=1S/C20H24N2O4/c23-17-7-5-15(19(25)11-17)13-21-9-3-1-2-4-10-22-14-16-6-8-18(24)12-20(16)26/h5-8,11-14,23-26H,1-4,9-10H2. The van der Waals surface area contributed by atoms with E-state index in [9.17, 15) is 20.4 Å². The second-order valence-corrected chi connectivity index (χ2v) is 5.97. The summed E-state index contributed by atoms with van der Waals surface area (Å²) < 4.78 is 0. The van der Waals surface area contributed by atoms with Crippen LogP contribution in [-0.4, -0.2) is 45.9 Å². The highest BCUT2D eigenvalue weighted by molar-refractivity contribution is 5.84. The third-order valence-corrected chi connectivity index (χ3v) is 3.81. The lowest BCUT2D eigenvalue weighted by Crippen LogP contribution is -1.89. The van der Waals surface area contributed by atoms with Gasteiger partial charge in [0.25, 0.3) is 0 Å². The number of phenols is 4. The van der Waals surface area contributed by atoms with Crippen LogP contribution in [0.2, 0.25) is 0 Å². The summed E-state index contributed by atoms with van der Waals surface area (Å²) >= 11 is 0. The van der Waals surface area contributed by atoms with E-state index in [4.69, 9.17) is 0 Å². The molecule has 0 amide bonds. The van der Waals surface area contributed by atoms with Crippen molar-refractivity contribution in [2.45, 2.75) is 25.7 Å². The molecule has 0 fully saturated rings. The number of hydrogen-bond acceptors (Lipinski definition) is 6. The van der Waals surface area contributed by atoms with Gasteiger partial charge in [-0.1, -0.05) is 12.8 Å². The maximum absolute atomic E-state index is 9.63. The molecule has 138 valence electrons. The minimum absolute atomic E-state index is 0.0197. The van der Waals surface area contributed by atoms with E-state index in [0.29, 0.717) is 24.2 Å². The fourth-order valence-electron chi connectivity index (χ4n) is 2.37. The van der Waals surface area contributed by atoms with Gasteiger partial charge in [0.1, 0.15) is 23.0 Å². The quantitative estimate of drug-likeness (QED) is 0.407. The first-order chi connectivity index (χ1) is 12.6. The summed E-state index contributed by atoms with van der Waals surface area (Å²) in [6.45, 7) is 1.37. The predicted molar refractivity (Wildman–Crippen MR) is 103 cm³/mol. The highest BCUT2D eigenvalue weighted by Gasteiger charge is 1.99. The van der Waals surface area contributed by atoms with Crippen molar-refractivity contribution >= 4 is 12.4 Å². The zero-order chi connectivity index (χ0) is 18.8. The summed E-state index contributed by atoms with van der Waals surface area (Å²) in [5.41, 5.74) is 1.18. The van der Waals surface area contributed by atoms with E-state index in [2.05, 4.69) is 9.98 Å². The summed E-state index contributed by atoms with van der Waals surface area (Å²) in [7, 11) is 0. The number of phenolic OH excluding ortho intramolecular Hbond substituents is 4. The molecule has 0 aliphatic rings. The first kappa shape index (κ1) is 19.3. The van der Waals surface area contributed by atoms with Gasteiger partial charge in [0.15, 0.2) is 0 Å². The molecule has 0 saturated heterocycles. The fourth-order valence-corrected chi connectivity index (χ4v) is 2.37. The Labute approximate surface area is 152 Å². The fraction of sp³-hybridized carbons (Fsp3) is 0.300. The van der Waals surface area contributed by atoms with Crippen LogP contribution in [0.3, 0.4) is 0 Å². The highest BCUT2D eigenvalue weighted by Crippen LogP contribution is 2.21. The van der Waals surface area contributed by atoms with Crippen LogP contribution in [0.15, 0.2) is 46.4 Å². The summed E-state index contributed by atoms with van der Waals surface area (Å²) in [5.74, 6) is 0.100. The van der Waals surface area contributed by atoms with Gasteiger partial charge in [0.05, 0.1) is 0 Å². The molecule has 0 bridgehead atoms. The van der Waals surface area contributed by atoms with Gasteiger partial charge in [0, 0.05) is 48.8 Å². The lowest BCUT2D eigenvalue weighted by atomic mass is 10.2. The zero-order valence-electron chi connectivity index (χ0n) is 14.5. The SMILES string of the molecule is Oc1ccc(C=NCCCCCCN=Cc2ccc(O)cc2O)c(O)c1. The minimum atomic E-state index is 0.0197. The molecule has 4 N–H and O–H groups in total. The summed E-state index contributed by atoms with van der Waals surface area (Å²) in [6, 6.07) is 8.86. The van der Waals surface area contributed by atoms with Gasteiger partial charge in [0.2, 0.25) is 0 Å². The number of unbranched alkanes of at least 4 members (excludes halogenated alkanes) is 3. The third kappa shape index (κ3) is 6.47. The number of nitrogens with zero attached hydrogens (tertiary/aromatic N) is 2. The third-order valence-electron chi connectivity index (χ3n) is 3.81. The summed E-state index contributed by atoms with van der Waals surface area (Å²) in [5, 5.41) is 37.7. The predicted octanol–water partition coefficient (Wildman–Crippen LogP) is 3.61. The second kappa shape index (κ2) is 10.1. The van der Waals surface area contributed by atoms with Gasteiger partial charge >= 0.3 is 0 Å². The Morgan fingerprint density at radius 1 is 0.615 bits per heavy atom. The van der Waals surface area contributed by atoms with E-state index in [0.717, 1.165) is 25.7 Å². The van der Waals surface area contributed by atoms with Gasteiger partial charge in [-0.05, 0) is 37.1 Å². The van der Waals surface area contributed by atoms with E-state index < -0.39 is 0 Å². The minimum Gasteiger partial charge on any atom is -0.508 e. The zero-order valence-corrected chi connectivity index (χ0v) is 14.5. The first-order valence-corrected chi connectivity index (χ1v) is 8.60. The Bertz CT molecular complexity index is 707.